The molecule has 0 aromatic heterocycles. The van der Waals surface area contributed by atoms with Gasteiger partial charge in [0, 0.05) is 5.56 Å². The number of rotatable bonds is 4. The van der Waals surface area contributed by atoms with E-state index in [4.69, 9.17) is 0 Å². The molecule has 2 rings (SSSR count). The van der Waals surface area contributed by atoms with Crippen molar-refractivity contribution in [3.05, 3.63) is 64.2 Å². The van der Waals surface area contributed by atoms with Crippen LogP contribution in [0.3, 0.4) is 0 Å². The van der Waals surface area contributed by atoms with Gasteiger partial charge >= 0.3 is 13.3 Å². The minimum atomic E-state index is -2.07. The predicted molar refractivity (Wildman–Crippen MR) is 88.0 cm³/mol. The largest absolute Gasteiger partial charge is 0.458 e. The van der Waals surface area contributed by atoms with Gasteiger partial charge in [0.2, 0.25) is 5.30 Å². The minimum Gasteiger partial charge on any atom is -0.234 e. The average molecular weight is 299 g/mol. The number of benzene rings is 2. The van der Waals surface area contributed by atoms with Crippen molar-refractivity contribution in [3.8, 4) is 0 Å². The first-order valence-corrected chi connectivity index (χ1v) is 8.39. The van der Waals surface area contributed by atoms with Crippen LogP contribution in [0.4, 0.5) is 0 Å². The summed E-state index contributed by atoms with van der Waals surface area (Å²) in [5, 5.41) is 0.666. The second-order valence-corrected chi connectivity index (χ2v) is 6.83. The Morgan fingerprint density at radius 3 is 2.19 bits per heavy atom. The van der Waals surface area contributed by atoms with Crippen LogP contribution in [-0.2, 0) is 11.0 Å². The Hall–Kier alpha value is -1.79. The van der Waals surface area contributed by atoms with Crippen LogP contribution in [0.15, 0.2) is 36.4 Å². The Morgan fingerprint density at radius 2 is 1.62 bits per heavy atom. The van der Waals surface area contributed by atoms with Gasteiger partial charge in [0.25, 0.3) is 0 Å². The van der Waals surface area contributed by atoms with Gasteiger partial charge in [-0.3, -0.25) is 0 Å². The van der Waals surface area contributed by atoms with Gasteiger partial charge in [0.1, 0.15) is 0 Å². The summed E-state index contributed by atoms with van der Waals surface area (Å²) in [7, 11) is -2.07. The molecule has 2 aromatic rings. The van der Waals surface area contributed by atoms with Crippen molar-refractivity contribution in [1.29, 1.82) is 0 Å². The summed E-state index contributed by atoms with van der Waals surface area (Å²) >= 11 is 0. The SMILES string of the molecule is CCc1ccccc1[P+](=O)C(=O)c1c(C)cc(C)cc1C. The molecule has 2 aromatic carbocycles. The third kappa shape index (κ3) is 3.11. The van der Waals surface area contributed by atoms with Gasteiger partial charge in [-0.15, -0.1) is 0 Å². The molecule has 0 saturated heterocycles. The van der Waals surface area contributed by atoms with E-state index in [1.807, 2.05) is 58.0 Å². The average Bonchev–Trinajstić information content (AvgIpc) is 2.45. The van der Waals surface area contributed by atoms with E-state index in [1.165, 1.54) is 0 Å². The molecule has 3 heteroatoms. The normalized spacial score (nSPS) is 11.3. The molecule has 1 unspecified atom stereocenters. The molecular weight excluding hydrogens is 279 g/mol. The highest BCUT2D eigenvalue weighted by molar-refractivity contribution is 7.71. The van der Waals surface area contributed by atoms with E-state index in [-0.39, 0.29) is 5.52 Å². The molecule has 2 nitrogen and oxygen atoms in total. The molecule has 0 heterocycles. The van der Waals surface area contributed by atoms with Crippen LogP contribution in [0.1, 0.15) is 39.5 Å². The number of hydrogen-bond donors (Lipinski definition) is 0. The van der Waals surface area contributed by atoms with E-state index >= 15 is 0 Å². The first-order valence-electron chi connectivity index (χ1n) is 7.13. The number of hydrogen-bond acceptors (Lipinski definition) is 2. The van der Waals surface area contributed by atoms with E-state index in [2.05, 4.69) is 0 Å². The fourth-order valence-corrected chi connectivity index (χ4v) is 4.23. The lowest BCUT2D eigenvalue weighted by atomic mass is 10.0. The zero-order valence-corrected chi connectivity index (χ0v) is 13.8. The van der Waals surface area contributed by atoms with Crippen molar-refractivity contribution < 1.29 is 9.36 Å². The first kappa shape index (κ1) is 15.6. The van der Waals surface area contributed by atoms with Crippen molar-refractivity contribution in [2.45, 2.75) is 34.1 Å². The van der Waals surface area contributed by atoms with Crippen molar-refractivity contribution >= 4 is 18.6 Å². The van der Waals surface area contributed by atoms with Crippen LogP contribution in [0.2, 0.25) is 0 Å². The van der Waals surface area contributed by atoms with Gasteiger partial charge in [-0.05, 0) is 44.4 Å². The van der Waals surface area contributed by atoms with E-state index in [1.54, 1.807) is 6.07 Å². The van der Waals surface area contributed by atoms with Crippen molar-refractivity contribution in [1.82, 2.24) is 0 Å². The molecule has 108 valence electrons. The Bertz CT molecular complexity index is 694. The van der Waals surface area contributed by atoms with Crippen LogP contribution in [0.5, 0.6) is 0 Å². The highest BCUT2D eigenvalue weighted by Crippen LogP contribution is 2.31. The summed E-state index contributed by atoms with van der Waals surface area (Å²) in [6.07, 6.45) is 0.774. The topological polar surface area (TPSA) is 34.1 Å². The van der Waals surface area contributed by atoms with Crippen molar-refractivity contribution in [2.75, 3.05) is 0 Å². The highest BCUT2D eigenvalue weighted by Gasteiger charge is 2.36. The molecule has 0 N–H and O–H groups in total. The van der Waals surface area contributed by atoms with Crippen LogP contribution in [0, 0.1) is 20.8 Å². The molecule has 0 radical (unpaired) electrons. The summed E-state index contributed by atoms with van der Waals surface area (Å²) in [6.45, 7) is 7.82. The molecule has 0 aliphatic rings. The second-order valence-electron chi connectivity index (χ2n) is 5.36. The van der Waals surface area contributed by atoms with Gasteiger partial charge in [-0.1, -0.05) is 47.4 Å². The molecule has 0 fully saturated rings. The van der Waals surface area contributed by atoms with E-state index in [0.29, 0.717) is 10.9 Å². The molecule has 0 saturated carbocycles. The third-order valence-corrected chi connectivity index (χ3v) is 5.13. The lowest BCUT2D eigenvalue weighted by Crippen LogP contribution is -2.11. The second kappa shape index (κ2) is 6.32. The molecule has 0 spiro atoms. The highest BCUT2D eigenvalue weighted by atomic mass is 31.1. The molecule has 1 atom stereocenters. The maximum absolute atomic E-state index is 12.7. The van der Waals surface area contributed by atoms with Gasteiger partial charge in [0.15, 0.2) is 0 Å². The molecule has 21 heavy (non-hydrogen) atoms. The first-order chi connectivity index (χ1) is 9.95. The summed E-state index contributed by atoms with van der Waals surface area (Å²) in [5.41, 5.74) is 4.23. The Balaban J connectivity index is 2.48. The Kier molecular flexibility index (Phi) is 4.69. The summed E-state index contributed by atoms with van der Waals surface area (Å²) < 4.78 is 12.7. The quantitative estimate of drug-likeness (QED) is 0.781. The van der Waals surface area contributed by atoms with Crippen LogP contribution in [0.25, 0.3) is 0 Å². The van der Waals surface area contributed by atoms with Gasteiger partial charge in [-0.2, -0.15) is 0 Å². The van der Waals surface area contributed by atoms with Crippen LogP contribution in [-0.4, -0.2) is 5.52 Å². The maximum atomic E-state index is 12.7. The van der Waals surface area contributed by atoms with Crippen LogP contribution < -0.4 is 5.30 Å². The summed E-state index contributed by atoms with van der Waals surface area (Å²) in [4.78, 5) is 12.7. The maximum Gasteiger partial charge on any atom is 0.458 e. The van der Waals surface area contributed by atoms with E-state index in [9.17, 15) is 9.36 Å². The van der Waals surface area contributed by atoms with Crippen molar-refractivity contribution in [2.24, 2.45) is 0 Å². The van der Waals surface area contributed by atoms with Gasteiger partial charge in [0.05, 0.1) is 5.56 Å². The van der Waals surface area contributed by atoms with E-state index < -0.39 is 7.80 Å². The monoisotopic (exact) mass is 299 g/mol. The summed E-state index contributed by atoms with van der Waals surface area (Å²) in [5.74, 6) is 0. The summed E-state index contributed by atoms with van der Waals surface area (Å²) in [6, 6.07) is 11.4. The number of aryl methyl sites for hydroxylation is 4. The molecule has 0 aliphatic carbocycles. The smallest absolute Gasteiger partial charge is 0.234 e. The van der Waals surface area contributed by atoms with Gasteiger partial charge in [-0.25, -0.2) is 4.79 Å². The van der Waals surface area contributed by atoms with Gasteiger partial charge < -0.3 is 0 Å². The standard InChI is InChI=1S/C18H20O2P/c1-5-15-8-6-7-9-16(15)21(20)18(19)17-13(3)10-12(2)11-14(17)4/h6-11H,5H2,1-4H3/q+1. The fraction of sp³-hybridized carbons (Fsp3) is 0.278. The van der Waals surface area contributed by atoms with Crippen molar-refractivity contribution in [3.63, 3.8) is 0 Å². The molecule has 0 aliphatic heterocycles. The third-order valence-electron chi connectivity index (χ3n) is 3.67. The lowest BCUT2D eigenvalue weighted by Gasteiger charge is -2.05. The number of carbonyl (C=O) groups excluding carboxylic acids is 1. The molecule has 0 amide bonds. The molecule has 0 bridgehead atoms. The van der Waals surface area contributed by atoms with E-state index in [0.717, 1.165) is 28.7 Å². The lowest BCUT2D eigenvalue weighted by molar-refractivity contribution is 0.107. The fourth-order valence-electron chi connectivity index (χ4n) is 2.74. The predicted octanol–water partition coefficient (Wildman–Crippen LogP) is 4.47. The number of carbonyl (C=O) groups is 1. The van der Waals surface area contributed by atoms with Crippen LogP contribution >= 0.6 is 7.80 Å². The zero-order valence-electron chi connectivity index (χ0n) is 12.9. The molecular formula is C18H20O2P+. The zero-order chi connectivity index (χ0) is 15.6. The Labute approximate surface area is 127 Å². The minimum absolute atomic E-state index is 0.263. The Morgan fingerprint density at radius 1 is 1.05 bits per heavy atom.